The third-order valence-corrected chi connectivity index (χ3v) is 16.1. The second kappa shape index (κ2) is 26.5. The van der Waals surface area contributed by atoms with E-state index >= 15 is 0 Å². The second-order valence-electron chi connectivity index (χ2n) is 22.2. The van der Waals surface area contributed by atoms with Gasteiger partial charge in [0.2, 0.25) is 0 Å². The van der Waals surface area contributed by atoms with Crippen LogP contribution < -0.4 is 0 Å². The van der Waals surface area contributed by atoms with E-state index in [9.17, 15) is 25.5 Å². The first kappa shape index (κ1) is 58.8. The van der Waals surface area contributed by atoms with E-state index in [0.29, 0.717) is 46.5 Å². The van der Waals surface area contributed by atoms with Crippen LogP contribution in [0.15, 0.2) is 182 Å². The molecule has 5 heteroatoms. The van der Waals surface area contributed by atoms with Crippen LogP contribution in [-0.2, 0) is 10.8 Å². The Morgan fingerprint density at radius 3 is 1.08 bits per heavy atom. The average molecular weight is 1030 g/mol. The minimum absolute atomic E-state index is 0.194. The molecule has 0 saturated carbocycles. The summed E-state index contributed by atoms with van der Waals surface area (Å²) in [6.07, 6.45) is 5.67. The Kier molecular flexibility index (Phi) is 20.2. The van der Waals surface area contributed by atoms with E-state index < -0.39 is 0 Å². The number of fused-ring (bicyclic) bond motifs is 5. The molecule has 5 N–H and O–H groups in total. The summed E-state index contributed by atoms with van der Waals surface area (Å²) >= 11 is 0. The zero-order valence-electron chi connectivity index (χ0n) is 47.8. The maximum absolute atomic E-state index is 9.66. The van der Waals surface area contributed by atoms with Crippen LogP contribution in [0.2, 0.25) is 0 Å². The van der Waals surface area contributed by atoms with Crippen molar-refractivity contribution in [3.63, 3.8) is 0 Å². The predicted octanol–water partition coefficient (Wildman–Crippen LogP) is 20.6. The molecule has 0 aliphatic rings. The number of hydrogen-bond acceptors (Lipinski definition) is 5. The minimum atomic E-state index is 0.194. The lowest BCUT2D eigenvalue weighted by Crippen LogP contribution is -2.14. The third kappa shape index (κ3) is 15.6. The topological polar surface area (TPSA) is 101 Å². The van der Waals surface area contributed by atoms with Crippen LogP contribution in [0, 0.1) is 0 Å². The molecule has 3 atom stereocenters. The van der Waals surface area contributed by atoms with Crippen molar-refractivity contribution >= 4 is 53.9 Å². The SMILES string of the molecule is CCC(C)(C)c1ccc2cc(O)ccc2c1.CCC(C)(C)c1ccc2ccc(O)cc2c1.CCC(C)c1ccc2c(O)cccc2c1.CCC(C)c1ccc2cc(O)ccc2c1.CCC(C)c1ccc2ccc(O)cc2c1. The first-order valence-corrected chi connectivity index (χ1v) is 27.8. The number of phenols is 5. The van der Waals surface area contributed by atoms with Crippen LogP contribution in [0.3, 0.4) is 0 Å². The summed E-state index contributed by atoms with van der Waals surface area (Å²) in [5.41, 5.74) is 7.15. The Hall–Kier alpha value is -7.50. The highest BCUT2D eigenvalue weighted by atomic mass is 16.3. The van der Waals surface area contributed by atoms with Crippen LogP contribution in [-0.4, -0.2) is 25.5 Å². The highest BCUT2D eigenvalue weighted by Crippen LogP contribution is 2.34. The van der Waals surface area contributed by atoms with Gasteiger partial charge >= 0.3 is 0 Å². The van der Waals surface area contributed by atoms with Gasteiger partial charge in [-0.25, -0.2) is 0 Å². The van der Waals surface area contributed by atoms with Gasteiger partial charge in [0.25, 0.3) is 0 Å². The number of benzene rings is 10. The zero-order chi connectivity index (χ0) is 56.0. The lowest BCUT2D eigenvalue weighted by Gasteiger charge is -2.23. The number of rotatable bonds is 10. The van der Waals surface area contributed by atoms with Gasteiger partial charge in [-0.3, -0.25) is 0 Å². The summed E-state index contributed by atoms with van der Waals surface area (Å²) < 4.78 is 0. The van der Waals surface area contributed by atoms with Crippen LogP contribution in [0.1, 0.15) is 161 Å². The Morgan fingerprint density at radius 2 is 0.623 bits per heavy atom. The van der Waals surface area contributed by atoms with Crippen molar-refractivity contribution in [2.24, 2.45) is 0 Å². The molecule has 0 aliphatic heterocycles. The summed E-state index contributed by atoms with van der Waals surface area (Å²) in [5.74, 6) is 3.46. The standard InChI is InChI=1S/2C15H18O.3C14H16O/c1-4-15(2,3)13-7-5-12-10-14(16)8-6-11(12)9-13;1-4-15(2,3)13-7-5-11-6-8-14(16)10-12(11)9-13;1-3-10(2)11-4-5-13-9-14(15)7-6-12(13)8-11;1-3-10(2)12-5-4-11-6-7-14(15)9-13(11)8-12;1-3-10(2)11-7-8-13-12(9-11)5-4-6-14(13)15/h2*5-10,16H,4H2,1-3H3;3*4-10,15H,3H2,1-2H3. The summed E-state index contributed by atoms with van der Waals surface area (Å²) in [6.45, 7) is 26.7. The predicted molar refractivity (Wildman–Crippen MR) is 331 cm³/mol. The van der Waals surface area contributed by atoms with E-state index in [-0.39, 0.29) is 10.8 Å². The Bertz CT molecular complexity index is 3510. The maximum atomic E-state index is 9.66. The van der Waals surface area contributed by atoms with Gasteiger partial charge in [-0.2, -0.15) is 0 Å². The van der Waals surface area contributed by atoms with Crippen molar-refractivity contribution in [2.45, 2.75) is 144 Å². The molecule has 10 aromatic carbocycles. The van der Waals surface area contributed by atoms with Gasteiger partial charge in [0.15, 0.2) is 0 Å². The molecule has 0 spiro atoms. The van der Waals surface area contributed by atoms with Crippen molar-refractivity contribution in [1.29, 1.82) is 0 Å². The molecule has 0 aromatic heterocycles. The highest BCUT2D eigenvalue weighted by Gasteiger charge is 2.19. The molecule has 0 saturated heterocycles. The highest BCUT2D eigenvalue weighted by molar-refractivity contribution is 5.89. The Balaban J connectivity index is 0.000000156. The minimum Gasteiger partial charge on any atom is -0.508 e. The van der Waals surface area contributed by atoms with Gasteiger partial charge in [0.05, 0.1) is 0 Å². The van der Waals surface area contributed by atoms with Crippen LogP contribution in [0.5, 0.6) is 28.7 Å². The molecule has 0 aliphatic carbocycles. The third-order valence-electron chi connectivity index (χ3n) is 16.1. The van der Waals surface area contributed by atoms with E-state index in [0.717, 1.165) is 64.4 Å². The number of hydrogen-bond donors (Lipinski definition) is 5. The molecule has 0 radical (unpaired) electrons. The van der Waals surface area contributed by atoms with Crippen molar-refractivity contribution in [3.05, 3.63) is 210 Å². The van der Waals surface area contributed by atoms with Gasteiger partial charge in [0, 0.05) is 5.39 Å². The smallest absolute Gasteiger partial charge is 0.123 e. The molecule has 5 nitrogen and oxygen atoms in total. The van der Waals surface area contributed by atoms with Crippen molar-refractivity contribution < 1.29 is 25.5 Å². The molecule has 0 bridgehead atoms. The van der Waals surface area contributed by atoms with Crippen molar-refractivity contribution in [2.75, 3.05) is 0 Å². The molecule has 0 heterocycles. The average Bonchev–Trinajstić information content (AvgIpc) is 3.44. The van der Waals surface area contributed by atoms with Gasteiger partial charge < -0.3 is 25.5 Å². The molecule has 3 unspecified atom stereocenters. The van der Waals surface area contributed by atoms with Gasteiger partial charge in [-0.1, -0.05) is 210 Å². The lowest BCUT2D eigenvalue weighted by atomic mass is 9.81. The second-order valence-corrected chi connectivity index (χ2v) is 22.2. The van der Waals surface area contributed by atoms with Crippen LogP contribution in [0.4, 0.5) is 0 Å². The zero-order valence-corrected chi connectivity index (χ0v) is 47.8. The van der Waals surface area contributed by atoms with E-state index in [4.69, 9.17) is 0 Å². The monoisotopic (exact) mass is 1030 g/mol. The van der Waals surface area contributed by atoms with Crippen molar-refractivity contribution in [3.8, 4) is 28.7 Å². The lowest BCUT2D eigenvalue weighted by molar-refractivity contribution is 0.475. The van der Waals surface area contributed by atoms with E-state index in [1.807, 2.05) is 54.6 Å². The maximum Gasteiger partial charge on any atom is 0.123 e. The number of phenolic OH excluding ortho intramolecular Hbond substituents is 5. The molecule has 0 fully saturated rings. The fourth-order valence-corrected chi connectivity index (χ4v) is 9.13. The normalized spacial score (nSPS) is 12.5. The Morgan fingerprint density at radius 1 is 0.312 bits per heavy atom. The first-order chi connectivity index (χ1) is 36.7. The van der Waals surface area contributed by atoms with Crippen LogP contribution >= 0.6 is 0 Å². The number of aromatic hydroxyl groups is 5. The quantitative estimate of drug-likeness (QED) is 0.0940. The largest absolute Gasteiger partial charge is 0.508 e. The first-order valence-electron chi connectivity index (χ1n) is 27.8. The summed E-state index contributed by atoms with van der Waals surface area (Å²) in [6, 6.07) is 59.8. The molecule has 0 amide bonds. The fourth-order valence-electron chi connectivity index (χ4n) is 9.13. The fraction of sp³-hybridized carbons (Fsp3) is 0.306. The molecule has 10 aromatic rings. The van der Waals surface area contributed by atoms with Crippen LogP contribution in [0.25, 0.3) is 53.9 Å². The summed E-state index contributed by atoms with van der Waals surface area (Å²) in [5, 5.41) is 58.5. The molecule has 77 heavy (non-hydrogen) atoms. The molecule has 10 rings (SSSR count). The van der Waals surface area contributed by atoms with Crippen molar-refractivity contribution in [1.82, 2.24) is 0 Å². The van der Waals surface area contributed by atoms with Gasteiger partial charge in [0.1, 0.15) is 28.7 Å². The summed E-state index contributed by atoms with van der Waals surface area (Å²) in [7, 11) is 0. The van der Waals surface area contributed by atoms with E-state index in [2.05, 4.69) is 168 Å². The van der Waals surface area contributed by atoms with E-state index in [1.165, 1.54) is 49.4 Å². The Labute approximate surface area is 459 Å². The molecular formula is C72H84O5. The van der Waals surface area contributed by atoms with Gasteiger partial charge in [-0.05, 0) is 192 Å². The molecular weight excluding hydrogens is 945 g/mol. The molecule has 402 valence electrons. The van der Waals surface area contributed by atoms with E-state index in [1.54, 1.807) is 42.5 Å². The summed E-state index contributed by atoms with van der Waals surface area (Å²) in [4.78, 5) is 0. The van der Waals surface area contributed by atoms with Gasteiger partial charge in [-0.15, -0.1) is 0 Å².